The fraction of sp³-hybridized carbons (Fsp3) is 0.346. The van der Waals surface area contributed by atoms with Crippen molar-refractivity contribution in [3.8, 4) is 11.6 Å². The van der Waals surface area contributed by atoms with Crippen LogP contribution in [0.25, 0.3) is 5.82 Å². The van der Waals surface area contributed by atoms with Crippen molar-refractivity contribution in [2.24, 2.45) is 0 Å². The smallest absolute Gasteiger partial charge is 0.490 e. The van der Waals surface area contributed by atoms with Gasteiger partial charge in [0.15, 0.2) is 5.82 Å². The molecule has 8 nitrogen and oxygen atoms in total. The first-order chi connectivity index (χ1) is 17.5. The molecule has 11 heteroatoms. The fourth-order valence-corrected chi connectivity index (χ4v) is 4.98. The fourth-order valence-electron chi connectivity index (χ4n) is 4.98. The summed E-state index contributed by atoms with van der Waals surface area (Å²) in [7, 11) is 0. The van der Waals surface area contributed by atoms with E-state index in [1.807, 2.05) is 24.1 Å². The quantitative estimate of drug-likeness (QED) is 0.532. The summed E-state index contributed by atoms with van der Waals surface area (Å²) in [5.74, 6) is -1.68. The van der Waals surface area contributed by atoms with E-state index in [-0.39, 0.29) is 17.2 Å². The van der Waals surface area contributed by atoms with Crippen LogP contribution in [0.2, 0.25) is 0 Å². The van der Waals surface area contributed by atoms with Crippen LogP contribution in [0.4, 0.5) is 18.9 Å². The van der Waals surface area contributed by atoms with E-state index >= 15 is 0 Å². The molecule has 2 N–H and O–H groups in total. The van der Waals surface area contributed by atoms with Crippen molar-refractivity contribution in [1.29, 1.82) is 0 Å². The number of amides is 1. The molecule has 5 rings (SSSR count). The Labute approximate surface area is 211 Å². The Hall–Kier alpha value is -4.02. The number of aromatic nitrogens is 2. The summed E-state index contributed by atoms with van der Waals surface area (Å²) in [5, 5.41) is 17.2. The zero-order valence-electron chi connectivity index (χ0n) is 20.4. The minimum atomic E-state index is -5.08. The molecular formula is C26H27F3N4O4. The van der Waals surface area contributed by atoms with Gasteiger partial charge in [0, 0.05) is 37.6 Å². The van der Waals surface area contributed by atoms with Gasteiger partial charge in [0.2, 0.25) is 0 Å². The minimum Gasteiger partial charge on any atom is -0.508 e. The van der Waals surface area contributed by atoms with Crippen LogP contribution in [-0.4, -0.2) is 62.4 Å². The number of rotatable bonds is 3. The maximum Gasteiger partial charge on any atom is 0.490 e. The number of carbonyl (C=O) groups is 2. The van der Waals surface area contributed by atoms with Crippen LogP contribution in [0.3, 0.4) is 0 Å². The van der Waals surface area contributed by atoms with Gasteiger partial charge in [0.25, 0.3) is 5.91 Å². The molecule has 2 aliphatic rings. The maximum absolute atomic E-state index is 13.3. The Morgan fingerprint density at radius 3 is 2.54 bits per heavy atom. The van der Waals surface area contributed by atoms with Crippen molar-refractivity contribution in [2.75, 3.05) is 24.5 Å². The van der Waals surface area contributed by atoms with Crippen LogP contribution in [0.1, 0.15) is 41.4 Å². The number of carbonyl (C=O) groups excluding carboxylic acids is 1. The molecule has 196 valence electrons. The minimum absolute atomic E-state index is 0.0336. The first-order valence-corrected chi connectivity index (χ1v) is 11.8. The van der Waals surface area contributed by atoms with Gasteiger partial charge >= 0.3 is 12.1 Å². The van der Waals surface area contributed by atoms with E-state index in [0.717, 1.165) is 36.5 Å². The molecule has 1 amide bonds. The molecule has 1 unspecified atom stereocenters. The zero-order chi connectivity index (χ0) is 27.0. The Bertz CT molecular complexity index is 1320. The third-order valence-corrected chi connectivity index (χ3v) is 6.71. The molecular weight excluding hydrogens is 489 g/mol. The zero-order valence-corrected chi connectivity index (χ0v) is 20.4. The highest BCUT2D eigenvalue weighted by Gasteiger charge is 2.50. The number of carboxylic acid groups (broad SMARTS) is 1. The average Bonchev–Trinajstić information content (AvgIpc) is 3.52. The first kappa shape index (κ1) is 26.1. The van der Waals surface area contributed by atoms with Crippen molar-refractivity contribution in [3.63, 3.8) is 0 Å². The molecule has 1 atom stereocenters. The largest absolute Gasteiger partial charge is 0.508 e. The summed E-state index contributed by atoms with van der Waals surface area (Å²) in [4.78, 5) is 31.2. The molecule has 3 aromatic rings. The molecule has 1 fully saturated rings. The van der Waals surface area contributed by atoms with Gasteiger partial charge in [-0.15, -0.1) is 0 Å². The SMILES string of the molecule is CCCN1c2cccnc2-n2cccc2C12CCN(C(=O)c1ccc(C)c(O)c1)C2.O=C(O)C(F)(F)F. The maximum atomic E-state index is 13.3. The summed E-state index contributed by atoms with van der Waals surface area (Å²) in [6.07, 6.45) is 0.680. The van der Waals surface area contributed by atoms with E-state index in [9.17, 15) is 23.1 Å². The Kier molecular flexibility index (Phi) is 6.90. The molecule has 2 aliphatic heterocycles. The molecule has 0 aliphatic carbocycles. The summed E-state index contributed by atoms with van der Waals surface area (Å²) in [5.41, 5.74) is 3.32. The highest BCUT2D eigenvalue weighted by atomic mass is 19.4. The third kappa shape index (κ3) is 4.73. The van der Waals surface area contributed by atoms with Gasteiger partial charge in [0.05, 0.1) is 11.4 Å². The van der Waals surface area contributed by atoms with Crippen LogP contribution in [0, 0.1) is 6.92 Å². The second-order valence-electron chi connectivity index (χ2n) is 9.07. The normalized spacial score (nSPS) is 18.2. The van der Waals surface area contributed by atoms with Crippen LogP contribution < -0.4 is 4.90 Å². The van der Waals surface area contributed by atoms with Gasteiger partial charge in [-0.2, -0.15) is 13.2 Å². The number of hydrogen-bond donors (Lipinski definition) is 2. The number of likely N-dealkylation sites (tertiary alicyclic amines) is 1. The Morgan fingerprint density at radius 1 is 1.16 bits per heavy atom. The molecule has 1 aromatic carbocycles. The van der Waals surface area contributed by atoms with Crippen molar-refractivity contribution in [3.05, 3.63) is 71.7 Å². The second-order valence-corrected chi connectivity index (χ2v) is 9.07. The number of halogens is 3. The van der Waals surface area contributed by atoms with E-state index in [4.69, 9.17) is 9.90 Å². The molecule has 0 saturated carbocycles. The number of aryl methyl sites for hydroxylation is 1. The monoisotopic (exact) mass is 516 g/mol. The average molecular weight is 517 g/mol. The van der Waals surface area contributed by atoms with Crippen molar-refractivity contribution in [2.45, 2.75) is 38.4 Å². The lowest BCUT2D eigenvalue weighted by Crippen LogP contribution is -2.53. The number of alkyl halides is 3. The van der Waals surface area contributed by atoms with Gasteiger partial charge in [-0.3, -0.25) is 4.79 Å². The summed E-state index contributed by atoms with van der Waals surface area (Å²) < 4.78 is 33.9. The Balaban J connectivity index is 0.000000405. The number of fused-ring (bicyclic) bond motifs is 4. The van der Waals surface area contributed by atoms with Crippen molar-refractivity contribution in [1.82, 2.24) is 14.5 Å². The molecule has 4 heterocycles. The molecule has 1 saturated heterocycles. The lowest BCUT2D eigenvalue weighted by atomic mass is 9.88. The van der Waals surface area contributed by atoms with Crippen molar-refractivity contribution >= 4 is 17.6 Å². The van der Waals surface area contributed by atoms with Gasteiger partial charge in [-0.05, 0) is 61.7 Å². The number of phenols is 1. The molecule has 37 heavy (non-hydrogen) atoms. The predicted octanol–water partition coefficient (Wildman–Crippen LogP) is 4.49. The molecule has 0 radical (unpaired) electrons. The van der Waals surface area contributed by atoms with Crippen LogP contribution in [0.5, 0.6) is 5.75 Å². The van der Waals surface area contributed by atoms with E-state index in [1.165, 1.54) is 5.69 Å². The van der Waals surface area contributed by atoms with Crippen molar-refractivity contribution < 1.29 is 33.0 Å². The Morgan fingerprint density at radius 2 is 1.89 bits per heavy atom. The highest BCUT2D eigenvalue weighted by Crippen LogP contribution is 2.47. The molecule has 2 aromatic heterocycles. The molecule has 0 bridgehead atoms. The van der Waals surface area contributed by atoms with E-state index in [1.54, 1.807) is 18.2 Å². The summed E-state index contributed by atoms with van der Waals surface area (Å²) in [6.45, 7) is 6.20. The van der Waals surface area contributed by atoms with Gasteiger partial charge in [0.1, 0.15) is 11.3 Å². The number of aromatic hydroxyl groups is 1. The number of carboxylic acids is 1. The van der Waals surface area contributed by atoms with E-state index in [0.29, 0.717) is 18.7 Å². The lowest BCUT2D eigenvalue weighted by molar-refractivity contribution is -0.192. The van der Waals surface area contributed by atoms with E-state index < -0.39 is 12.1 Å². The molecule has 1 spiro atoms. The third-order valence-electron chi connectivity index (χ3n) is 6.71. The topological polar surface area (TPSA) is 98.9 Å². The van der Waals surface area contributed by atoms with E-state index in [2.05, 4.69) is 45.8 Å². The lowest BCUT2D eigenvalue weighted by Gasteiger charge is -2.47. The number of hydrogen-bond acceptors (Lipinski definition) is 5. The number of aliphatic carboxylic acids is 1. The number of anilines is 1. The standard InChI is InChI=1S/C24H26N4O2.C2HF3O2/c1-3-12-28-19-6-4-11-25-22(19)27-13-5-7-21(27)24(28)10-14-26(16-24)23(30)18-9-8-17(2)20(29)15-18;3-2(4,5)1(6)7/h4-9,11,13,15,29H,3,10,12,14,16H2,1-2H3;(H,6,7). The summed E-state index contributed by atoms with van der Waals surface area (Å²) >= 11 is 0. The number of nitrogens with zero attached hydrogens (tertiary/aromatic N) is 4. The summed E-state index contributed by atoms with van der Waals surface area (Å²) in [6, 6.07) is 13.5. The van der Waals surface area contributed by atoms with Crippen LogP contribution in [-0.2, 0) is 10.3 Å². The second kappa shape index (κ2) is 9.79. The highest BCUT2D eigenvalue weighted by molar-refractivity contribution is 5.95. The van der Waals surface area contributed by atoms with Gasteiger partial charge in [-0.1, -0.05) is 13.0 Å². The predicted molar refractivity (Wildman–Crippen MR) is 130 cm³/mol. The first-order valence-electron chi connectivity index (χ1n) is 11.8. The van der Waals surface area contributed by atoms with Crippen LogP contribution in [0.15, 0.2) is 54.9 Å². The number of pyridine rings is 1. The van der Waals surface area contributed by atoms with Gasteiger partial charge in [-0.25, -0.2) is 9.78 Å². The number of benzene rings is 1. The van der Waals surface area contributed by atoms with Crippen LogP contribution >= 0.6 is 0 Å². The number of phenolic OH excluding ortho intramolecular Hbond substituents is 1. The van der Waals surface area contributed by atoms with Gasteiger partial charge < -0.3 is 24.6 Å².